The first-order chi connectivity index (χ1) is 7.09. The maximum absolute atomic E-state index is 11.6. The van der Waals surface area contributed by atoms with E-state index >= 15 is 0 Å². The van der Waals surface area contributed by atoms with Crippen molar-refractivity contribution in [1.82, 2.24) is 9.78 Å². The molecule has 80 valence electrons. The summed E-state index contributed by atoms with van der Waals surface area (Å²) < 4.78 is 1.56. The fraction of sp³-hybridized carbons (Fsp3) is 0.444. The lowest BCUT2D eigenvalue weighted by Crippen LogP contribution is -2.19. The van der Waals surface area contributed by atoms with Crippen LogP contribution in [0.15, 0.2) is 6.20 Å². The van der Waals surface area contributed by atoms with E-state index in [1.165, 1.54) is 0 Å². The summed E-state index contributed by atoms with van der Waals surface area (Å²) in [6.07, 6.45) is 3.49. The largest absolute Gasteiger partial charge is 0.389 e. The zero-order chi connectivity index (χ0) is 11.0. The minimum absolute atomic E-state index is 0.0242. The van der Waals surface area contributed by atoms with Gasteiger partial charge in [0.15, 0.2) is 0 Å². The molecule has 2 rings (SSSR count). The van der Waals surface area contributed by atoms with Crippen LogP contribution in [0.5, 0.6) is 0 Å². The normalized spacial score (nSPS) is 15.0. The average molecular weight is 224 g/mol. The van der Waals surface area contributed by atoms with Gasteiger partial charge in [-0.15, -0.1) is 0 Å². The first-order valence-electron chi connectivity index (χ1n) is 4.72. The van der Waals surface area contributed by atoms with Crippen LogP contribution in [-0.4, -0.2) is 20.7 Å². The summed E-state index contributed by atoms with van der Waals surface area (Å²) in [5, 5.41) is 6.80. The Kier molecular flexibility index (Phi) is 2.44. The number of hydrogen-bond donors (Lipinski definition) is 2. The molecule has 0 radical (unpaired) electrons. The van der Waals surface area contributed by atoms with Gasteiger partial charge in [0, 0.05) is 13.0 Å². The van der Waals surface area contributed by atoms with E-state index in [4.69, 9.17) is 18.0 Å². The highest BCUT2D eigenvalue weighted by molar-refractivity contribution is 7.80. The molecule has 1 aromatic heterocycles. The first kappa shape index (κ1) is 10.1. The van der Waals surface area contributed by atoms with Gasteiger partial charge in [-0.1, -0.05) is 12.2 Å². The van der Waals surface area contributed by atoms with Crippen molar-refractivity contribution >= 4 is 28.9 Å². The van der Waals surface area contributed by atoms with Crippen LogP contribution in [0.4, 0.5) is 5.82 Å². The van der Waals surface area contributed by atoms with Crippen LogP contribution in [0, 0.1) is 5.92 Å². The van der Waals surface area contributed by atoms with Crippen molar-refractivity contribution in [2.75, 3.05) is 5.32 Å². The maximum atomic E-state index is 11.6. The van der Waals surface area contributed by atoms with E-state index in [-0.39, 0.29) is 16.8 Å². The van der Waals surface area contributed by atoms with E-state index in [1.54, 1.807) is 17.9 Å². The molecule has 1 aromatic rings. The molecule has 0 saturated heterocycles. The molecule has 0 spiro atoms. The highest BCUT2D eigenvalue weighted by Gasteiger charge is 2.30. The third-order valence-electron chi connectivity index (χ3n) is 2.39. The molecule has 1 fully saturated rings. The summed E-state index contributed by atoms with van der Waals surface area (Å²) in [6, 6.07) is 0. The number of thiocarbonyl (C=S) groups is 1. The molecule has 6 heteroatoms. The molecule has 15 heavy (non-hydrogen) atoms. The smallest absolute Gasteiger partial charge is 0.228 e. The van der Waals surface area contributed by atoms with Crippen LogP contribution < -0.4 is 11.1 Å². The lowest BCUT2D eigenvalue weighted by atomic mass is 10.3. The van der Waals surface area contributed by atoms with Crippen molar-refractivity contribution in [3.63, 3.8) is 0 Å². The molecule has 0 aromatic carbocycles. The Hall–Kier alpha value is -1.43. The molecule has 1 aliphatic carbocycles. The molecule has 0 unspecified atom stereocenters. The number of carbonyl (C=O) groups excluding carboxylic acids is 1. The topological polar surface area (TPSA) is 72.9 Å². The fourth-order valence-electron chi connectivity index (χ4n) is 1.33. The summed E-state index contributed by atoms with van der Waals surface area (Å²) in [7, 11) is 1.74. The lowest BCUT2D eigenvalue weighted by molar-refractivity contribution is -0.117. The molecule has 1 saturated carbocycles. The van der Waals surface area contributed by atoms with Crippen molar-refractivity contribution in [3.05, 3.63) is 11.8 Å². The van der Waals surface area contributed by atoms with E-state index in [0.29, 0.717) is 11.4 Å². The van der Waals surface area contributed by atoms with Gasteiger partial charge in [0.1, 0.15) is 10.8 Å². The van der Waals surface area contributed by atoms with Gasteiger partial charge >= 0.3 is 0 Å². The molecular weight excluding hydrogens is 212 g/mol. The quantitative estimate of drug-likeness (QED) is 0.729. The van der Waals surface area contributed by atoms with Gasteiger partial charge in [0.05, 0.1) is 11.8 Å². The molecule has 0 bridgehead atoms. The zero-order valence-corrected chi connectivity index (χ0v) is 9.17. The number of aryl methyl sites for hydroxylation is 1. The molecule has 0 aliphatic heterocycles. The van der Waals surface area contributed by atoms with Gasteiger partial charge in [-0.05, 0) is 12.8 Å². The Labute approximate surface area is 92.6 Å². The molecule has 3 N–H and O–H groups in total. The number of nitrogens with one attached hydrogen (secondary N) is 1. The van der Waals surface area contributed by atoms with Gasteiger partial charge in [-0.25, -0.2) is 0 Å². The molecule has 0 atom stereocenters. The summed E-state index contributed by atoms with van der Waals surface area (Å²) in [5.74, 6) is 0.759. The minimum Gasteiger partial charge on any atom is -0.389 e. The Bertz CT molecular complexity index is 422. The van der Waals surface area contributed by atoms with Crippen LogP contribution in [0.3, 0.4) is 0 Å². The van der Waals surface area contributed by atoms with Crippen LogP contribution in [-0.2, 0) is 11.8 Å². The monoisotopic (exact) mass is 224 g/mol. The molecule has 1 heterocycles. The van der Waals surface area contributed by atoms with Crippen molar-refractivity contribution < 1.29 is 4.79 Å². The minimum atomic E-state index is 0.0242. The van der Waals surface area contributed by atoms with Crippen LogP contribution in [0.1, 0.15) is 18.4 Å². The fourth-order valence-corrected chi connectivity index (χ4v) is 1.48. The number of hydrogen-bond acceptors (Lipinski definition) is 3. The number of rotatable bonds is 3. The standard InChI is InChI=1S/C9H12N4OS/c1-13-8(6(4-11-13)7(10)15)12-9(14)5-2-3-5/h4-5H,2-3H2,1H3,(H2,10,15)(H,12,14). The Morgan fingerprint density at radius 2 is 2.40 bits per heavy atom. The number of nitrogens with two attached hydrogens (primary N) is 1. The highest BCUT2D eigenvalue weighted by atomic mass is 32.1. The van der Waals surface area contributed by atoms with Gasteiger partial charge in [0.25, 0.3) is 0 Å². The highest BCUT2D eigenvalue weighted by Crippen LogP contribution is 2.30. The summed E-state index contributed by atoms with van der Waals surface area (Å²) in [6.45, 7) is 0. The molecule has 5 nitrogen and oxygen atoms in total. The van der Waals surface area contributed by atoms with Crippen LogP contribution >= 0.6 is 12.2 Å². The number of nitrogens with zero attached hydrogens (tertiary/aromatic N) is 2. The lowest BCUT2D eigenvalue weighted by Gasteiger charge is -2.06. The second-order valence-electron chi connectivity index (χ2n) is 3.66. The maximum Gasteiger partial charge on any atom is 0.228 e. The number of amides is 1. The summed E-state index contributed by atoms with van der Waals surface area (Å²) in [4.78, 5) is 11.8. The van der Waals surface area contributed by atoms with Gasteiger partial charge < -0.3 is 11.1 Å². The average Bonchev–Trinajstić information content (AvgIpc) is 2.94. The number of carbonyl (C=O) groups is 1. The van der Waals surface area contributed by atoms with Gasteiger partial charge in [0.2, 0.25) is 5.91 Å². The Balaban J connectivity index is 2.21. The Morgan fingerprint density at radius 1 is 1.73 bits per heavy atom. The van der Waals surface area contributed by atoms with E-state index in [9.17, 15) is 4.79 Å². The number of anilines is 1. The second-order valence-corrected chi connectivity index (χ2v) is 4.10. The van der Waals surface area contributed by atoms with E-state index in [1.807, 2.05) is 0 Å². The van der Waals surface area contributed by atoms with Gasteiger partial charge in [-0.3, -0.25) is 9.48 Å². The van der Waals surface area contributed by atoms with Gasteiger partial charge in [-0.2, -0.15) is 5.10 Å². The molecular formula is C9H12N4OS. The third kappa shape index (κ3) is 1.99. The summed E-state index contributed by atoms with van der Waals surface area (Å²) in [5.41, 5.74) is 6.13. The van der Waals surface area contributed by atoms with E-state index in [0.717, 1.165) is 12.8 Å². The Morgan fingerprint density at radius 3 is 2.93 bits per heavy atom. The van der Waals surface area contributed by atoms with Crippen molar-refractivity contribution in [3.8, 4) is 0 Å². The predicted molar refractivity (Wildman–Crippen MR) is 60.4 cm³/mol. The van der Waals surface area contributed by atoms with Crippen molar-refractivity contribution in [2.24, 2.45) is 18.7 Å². The van der Waals surface area contributed by atoms with Crippen molar-refractivity contribution in [1.29, 1.82) is 0 Å². The summed E-state index contributed by atoms with van der Waals surface area (Å²) >= 11 is 4.87. The predicted octanol–water partition coefficient (Wildman–Crippen LogP) is 0.403. The first-order valence-corrected chi connectivity index (χ1v) is 5.13. The number of aromatic nitrogens is 2. The third-order valence-corrected chi connectivity index (χ3v) is 2.61. The molecule has 1 aliphatic rings. The van der Waals surface area contributed by atoms with E-state index in [2.05, 4.69) is 10.4 Å². The SMILES string of the molecule is Cn1ncc(C(N)=S)c1NC(=O)C1CC1. The second kappa shape index (κ2) is 3.62. The van der Waals surface area contributed by atoms with E-state index < -0.39 is 0 Å². The zero-order valence-electron chi connectivity index (χ0n) is 8.36. The molecule has 1 amide bonds. The van der Waals surface area contributed by atoms with Crippen LogP contribution in [0.25, 0.3) is 0 Å². The van der Waals surface area contributed by atoms with Crippen LogP contribution in [0.2, 0.25) is 0 Å². The van der Waals surface area contributed by atoms with Crippen molar-refractivity contribution in [2.45, 2.75) is 12.8 Å².